The van der Waals surface area contributed by atoms with Crippen LogP contribution in [0.5, 0.6) is 0 Å². The highest BCUT2D eigenvalue weighted by Crippen LogP contribution is 2.32. The Morgan fingerprint density at radius 2 is 2.32 bits per heavy atom. The zero-order valence-corrected chi connectivity index (χ0v) is 12.5. The molecule has 0 aliphatic carbocycles. The molecule has 1 amide bonds. The first-order chi connectivity index (χ1) is 8.95. The molecule has 1 atom stereocenters. The summed E-state index contributed by atoms with van der Waals surface area (Å²) in [6, 6.07) is 1.45. The molecular weight excluding hydrogens is 284 g/mol. The summed E-state index contributed by atoms with van der Waals surface area (Å²) >= 11 is 6.35. The van der Waals surface area contributed by atoms with Gasteiger partial charge in [-0.05, 0) is 44.6 Å². The number of amides is 1. The summed E-state index contributed by atoms with van der Waals surface area (Å²) in [6.07, 6.45) is 0. The van der Waals surface area contributed by atoms with Crippen LogP contribution < -0.4 is 10.2 Å². The van der Waals surface area contributed by atoms with Crippen LogP contribution in [-0.2, 0) is 9.53 Å². The molecule has 1 aromatic rings. The molecule has 7 heteroatoms. The topological polar surface area (TPSA) is 58.6 Å². The van der Waals surface area contributed by atoms with Crippen LogP contribution in [0, 0.1) is 6.92 Å². The van der Waals surface area contributed by atoms with Gasteiger partial charge < -0.3 is 10.1 Å². The lowest BCUT2D eigenvalue weighted by atomic mass is 10.3. The Balaban J connectivity index is 2.32. The monoisotopic (exact) mass is 298 g/mol. The summed E-state index contributed by atoms with van der Waals surface area (Å²) in [5.41, 5.74) is 0.786. The molecule has 1 saturated heterocycles. The number of hydrogen-bond donors (Lipinski definition) is 1. The molecule has 102 valence electrons. The fourth-order valence-corrected chi connectivity index (χ4v) is 3.29. The number of esters is 1. The highest BCUT2D eigenvalue weighted by molar-refractivity contribution is 7.80. The smallest absolute Gasteiger partial charge is 0.348 e. The van der Waals surface area contributed by atoms with Gasteiger partial charge in [0.05, 0.1) is 6.61 Å². The molecule has 1 aromatic heterocycles. The van der Waals surface area contributed by atoms with Gasteiger partial charge in [0.25, 0.3) is 5.91 Å². The van der Waals surface area contributed by atoms with Gasteiger partial charge in [-0.2, -0.15) is 0 Å². The SMILES string of the molecule is CCOC(=O)c1sc(N2C(=O)[C@H](C)NC2=S)cc1C. The van der Waals surface area contributed by atoms with E-state index in [1.165, 1.54) is 16.2 Å². The maximum atomic E-state index is 12.0. The van der Waals surface area contributed by atoms with Gasteiger partial charge in [0, 0.05) is 0 Å². The molecule has 0 bridgehead atoms. The van der Waals surface area contributed by atoms with E-state index < -0.39 is 0 Å². The Hall–Kier alpha value is -1.47. The molecule has 1 N–H and O–H groups in total. The van der Waals surface area contributed by atoms with Crippen molar-refractivity contribution in [2.45, 2.75) is 26.8 Å². The van der Waals surface area contributed by atoms with Crippen molar-refractivity contribution in [1.29, 1.82) is 0 Å². The summed E-state index contributed by atoms with van der Waals surface area (Å²) in [7, 11) is 0. The first-order valence-corrected chi connectivity index (χ1v) is 7.10. The van der Waals surface area contributed by atoms with Gasteiger partial charge >= 0.3 is 5.97 Å². The minimum Gasteiger partial charge on any atom is -0.462 e. The summed E-state index contributed by atoms with van der Waals surface area (Å²) in [6.45, 7) is 5.64. The largest absolute Gasteiger partial charge is 0.462 e. The quantitative estimate of drug-likeness (QED) is 0.681. The maximum absolute atomic E-state index is 12.0. The summed E-state index contributed by atoms with van der Waals surface area (Å²) < 4.78 is 4.98. The molecule has 0 spiro atoms. The van der Waals surface area contributed by atoms with Crippen LogP contribution >= 0.6 is 23.6 Å². The third kappa shape index (κ3) is 2.48. The average Bonchev–Trinajstić information content (AvgIpc) is 2.81. The molecule has 0 saturated carbocycles. The van der Waals surface area contributed by atoms with Crippen molar-refractivity contribution in [3.05, 3.63) is 16.5 Å². The fourth-order valence-electron chi connectivity index (χ4n) is 1.79. The molecule has 1 fully saturated rings. The van der Waals surface area contributed by atoms with E-state index in [2.05, 4.69) is 5.32 Å². The number of carbonyl (C=O) groups excluding carboxylic acids is 2. The van der Waals surface area contributed by atoms with Gasteiger partial charge in [-0.1, -0.05) is 0 Å². The van der Waals surface area contributed by atoms with Crippen LogP contribution in [0.2, 0.25) is 0 Å². The second-order valence-electron chi connectivity index (χ2n) is 4.16. The summed E-state index contributed by atoms with van der Waals surface area (Å²) in [4.78, 5) is 25.7. The fraction of sp³-hybridized carbons (Fsp3) is 0.417. The first kappa shape index (κ1) is 14.0. The Labute approximate surface area is 120 Å². The van der Waals surface area contributed by atoms with Crippen LogP contribution in [-0.4, -0.2) is 29.6 Å². The molecule has 19 heavy (non-hydrogen) atoms. The molecule has 1 aliphatic heterocycles. The molecule has 5 nitrogen and oxygen atoms in total. The van der Waals surface area contributed by atoms with E-state index >= 15 is 0 Å². The second-order valence-corrected chi connectivity index (χ2v) is 5.58. The van der Waals surface area contributed by atoms with Crippen LogP contribution in [0.3, 0.4) is 0 Å². The van der Waals surface area contributed by atoms with Crippen LogP contribution in [0.4, 0.5) is 5.00 Å². The lowest BCUT2D eigenvalue weighted by Crippen LogP contribution is -2.29. The van der Waals surface area contributed by atoms with Gasteiger partial charge in [-0.15, -0.1) is 11.3 Å². The van der Waals surface area contributed by atoms with Crippen LogP contribution in [0.15, 0.2) is 6.07 Å². The predicted molar refractivity (Wildman–Crippen MR) is 77.7 cm³/mol. The van der Waals surface area contributed by atoms with Crippen molar-refractivity contribution in [3.8, 4) is 0 Å². The predicted octanol–water partition coefficient (Wildman–Crippen LogP) is 1.84. The van der Waals surface area contributed by atoms with E-state index in [1.807, 2.05) is 6.92 Å². The average molecular weight is 298 g/mol. The number of ether oxygens (including phenoxy) is 1. The second kappa shape index (κ2) is 5.26. The third-order valence-electron chi connectivity index (χ3n) is 2.72. The number of hydrogen-bond acceptors (Lipinski definition) is 5. The number of thiocarbonyl (C=S) groups is 1. The zero-order valence-electron chi connectivity index (χ0n) is 10.9. The van der Waals surface area contributed by atoms with Crippen molar-refractivity contribution >= 4 is 45.5 Å². The lowest BCUT2D eigenvalue weighted by molar-refractivity contribution is -0.117. The Morgan fingerprint density at radius 1 is 1.63 bits per heavy atom. The summed E-state index contributed by atoms with van der Waals surface area (Å²) in [5.74, 6) is -0.475. The van der Waals surface area contributed by atoms with E-state index in [4.69, 9.17) is 17.0 Å². The van der Waals surface area contributed by atoms with Crippen LogP contribution in [0.1, 0.15) is 29.1 Å². The Morgan fingerprint density at radius 3 is 2.84 bits per heavy atom. The zero-order chi connectivity index (χ0) is 14.2. The molecule has 1 aliphatic rings. The lowest BCUT2D eigenvalue weighted by Gasteiger charge is -2.11. The number of aryl methyl sites for hydroxylation is 1. The van der Waals surface area contributed by atoms with Gasteiger partial charge in [-0.25, -0.2) is 9.69 Å². The van der Waals surface area contributed by atoms with Crippen molar-refractivity contribution < 1.29 is 14.3 Å². The van der Waals surface area contributed by atoms with E-state index in [0.717, 1.165) is 5.56 Å². The van der Waals surface area contributed by atoms with Crippen molar-refractivity contribution in [3.63, 3.8) is 0 Å². The van der Waals surface area contributed by atoms with Crippen molar-refractivity contribution in [2.24, 2.45) is 0 Å². The maximum Gasteiger partial charge on any atom is 0.348 e. The van der Waals surface area contributed by atoms with Crippen molar-refractivity contribution in [2.75, 3.05) is 11.5 Å². The van der Waals surface area contributed by atoms with Gasteiger partial charge in [0.2, 0.25) is 0 Å². The number of rotatable bonds is 3. The summed E-state index contributed by atoms with van der Waals surface area (Å²) in [5, 5.41) is 3.91. The van der Waals surface area contributed by atoms with E-state index in [0.29, 0.717) is 21.6 Å². The third-order valence-corrected chi connectivity index (χ3v) is 4.22. The minimum absolute atomic E-state index is 0.110. The van der Waals surface area contributed by atoms with Gasteiger partial charge in [0.1, 0.15) is 15.9 Å². The van der Waals surface area contributed by atoms with Crippen LogP contribution in [0.25, 0.3) is 0 Å². The number of nitrogens with one attached hydrogen (secondary N) is 1. The van der Waals surface area contributed by atoms with E-state index in [1.54, 1.807) is 19.9 Å². The standard InChI is InChI=1S/C12H14N2O3S2/c1-4-17-11(16)9-6(2)5-8(19-9)14-10(15)7(3)13-12(14)18/h5,7H,4H2,1-3H3,(H,13,18)/t7-/m0/s1. The van der Waals surface area contributed by atoms with Gasteiger partial charge in [-0.3, -0.25) is 4.79 Å². The first-order valence-electron chi connectivity index (χ1n) is 5.87. The number of thiophene rings is 1. The molecule has 2 rings (SSSR count). The number of nitrogens with zero attached hydrogens (tertiary/aromatic N) is 1. The molecule has 2 heterocycles. The Bertz CT molecular complexity index is 553. The normalized spacial score (nSPS) is 18.7. The Kier molecular flexibility index (Phi) is 3.86. The highest BCUT2D eigenvalue weighted by Gasteiger charge is 2.35. The number of anilines is 1. The molecular formula is C12H14N2O3S2. The van der Waals surface area contributed by atoms with E-state index in [9.17, 15) is 9.59 Å². The highest BCUT2D eigenvalue weighted by atomic mass is 32.1. The van der Waals surface area contributed by atoms with Crippen molar-refractivity contribution in [1.82, 2.24) is 5.32 Å². The molecule has 0 radical (unpaired) electrons. The van der Waals surface area contributed by atoms with Gasteiger partial charge in [0.15, 0.2) is 5.11 Å². The van der Waals surface area contributed by atoms with E-state index in [-0.39, 0.29) is 17.9 Å². The molecule has 0 unspecified atom stereocenters. The number of carbonyl (C=O) groups is 2. The minimum atomic E-state index is -0.366. The molecule has 0 aromatic carbocycles.